The second kappa shape index (κ2) is 6.18. The molecule has 2 aliphatic rings. The zero-order valence-corrected chi connectivity index (χ0v) is 13.1. The first-order valence-electron chi connectivity index (χ1n) is 8.13. The highest BCUT2D eigenvalue weighted by Gasteiger charge is 2.30. The van der Waals surface area contributed by atoms with Crippen LogP contribution in [0.25, 0.3) is 0 Å². The fraction of sp³-hybridized carbons (Fsp3) is 0.750. The second-order valence-corrected chi connectivity index (χ2v) is 6.62. The Morgan fingerprint density at radius 3 is 2.81 bits per heavy atom. The van der Waals surface area contributed by atoms with Crippen molar-refractivity contribution in [2.75, 3.05) is 13.1 Å². The van der Waals surface area contributed by atoms with Gasteiger partial charge in [-0.1, -0.05) is 12.8 Å². The summed E-state index contributed by atoms with van der Waals surface area (Å²) in [5.74, 6) is 0.440. The minimum atomic E-state index is 0.169. The van der Waals surface area contributed by atoms with E-state index < -0.39 is 0 Å². The van der Waals surface area contributed by atoms with Gasteiger partial charge in [0, 0.05) is 37.9 Å². The fourth-order valence-electron chi connectivity index (χ4n) is 3.62. The van der Waals surface area contributed by atoms with Crippen molar-refractivity contribution in [2.45, 2.75) is 51.6 Å². The Morgan fingerprint density at radius 1 is 1.38 bits per heavy atom. The van der Waals surface area contributed by atoms with E-state index in [1.165, 1.54) is 18.4 Å². The molecule has 0 radical (unpaired) electrons. The highest BCUT2D eigenvalue weighted by atomic mass is 16.2. The molecule has 1 amide bonds. The molecule has 21 heavy (non-hydrogen) atoms. The van der Waals surface area contributed by atoms with Crippen molar-refractivity contribution in [2.24, 2.45) is 13.0 Å². The molecule has 1 aromatic rings. The second-order valence-electron chi connectivity index (χ2n) is 6.62. The number of aromatic nitrogens is 2. The van der Waals surface area contributed by atoms with E-state index in [4.69, 9.17) is 0 Å². The van der Waals surface area contributed by atoms with Crippen LogP contribution in [-0.2, 0) is 18.4 Å². The third kappa shape index (κ3) is 3.46. The Bertz CT molecular complexity index is 504. The van der Waals surface area contributed by atoms with Crippen LogP contribution < -0.4 is 5.32 Å². The molecule has 1 saturated carbocycles. The summed E-state index contributed by atoms with van der Waals surface area (Å²) in [5.41, 5.74) is 2.37. The zero-order chi connectivity index (χ0) is 14.8. The van der Waals surface area contributed by atoms with Crippen molar-refractivity contribution in [3.8, 4) is 0 Å². The average molecular weight is 290 g/mol. The number of carbonyl (C=O) groups is 1. The van der Waals surface area contributed by atoms with Crippen LogP contribution in [0.1, 0.15) is 43.4 Å². The number of rotatable bonds is 4. The number of nitrogens with zero attached hydrogens (tertiary/aromatic N) is 3. The van der Waals surface area contributed by atoms with Crippen LogP contribution in [0.15, 0.2) is 6.20 Å². The van der Waals surface area contributed by atoms with E-state index >= 15 is 0 Å². The van der Waals surface area contributed by atoms with Gasteiger partial charge in [0.25, 0.3) is 0 Å². The summed E-state index contributed by atoms with van der Waals surface area (Å²) in [4.78, 5) is 14.7. The van der Waals surface area contributed by atoms with Crippen molar-refractivity contribution in [1.82, 2.24) is 20.0 Å². The smallest absolute Gasteiger partial charge is 0.224 e. The Hall–Kier alpha value is -1.36. The number of aryl methyl sites for hydroxylation is 2. The van der Waals surface area contributed by atoms with Gasteiger partial charge >= 0.3 is 0 Å². The number of hydrogen-bond donors (Lipinski definition) is 1. The summed E-state index contributed by atoms with van der Waals surface area (Å²) in [6.07, 6.45) is 7.93. The Labute approximate surface area is 126 Å². The zero-order valence-electron chi connectivity index (χ0n) is 13.1. The van der Waals surface area contributed by atoms with Gasteiger partial charge in [-0.3, -0.25) is 14.4 Å². The standard InChI is InChI=1S/C16H26N4O/c1-12-14(9-19(2)18-12)11-20-8-7-13(10-20)16(21)17-15-5-3-4-6-15/h9,13,15H,3-8,10-11H2,1-2H3,(H,17,21). The predicted octanol–water partition coefficient (Wildman–Crippen LogP) is 1.61. The van der Waals surface area contributed by atoms with Crippen LogP contribution in [0.4, 0.5) is 0 Å². The van der Waals surface area contributed by atoms with Crippen LogP contribution >= 0.6 is 0 Å². The summed E-state index contributed by atoms with van der Waals surface area (Å²) in [6, 6.07) is 0.437. The molecule has 1 unspecified atom stereocenters. The minimum Gasteiger partial charge on any atom is -0.353 e. The van der Waals surface area contributed by atoms with Gasteiger partial charge in [-0.05, 0) is 32.7 Å². The highest BCUT2D eigenvalue weighted by molar-refractivity contribution is 5.79. The molecule has 5 nitrogen and oxygen atoms in total. The number of nitrogens with one attached hydrogen (secondary N) is 1. The largest absolute Gasteiger partial charge is 0.353 e. The van der Waals surface area contributed by atoms with Gasteiger partial charge in [0.05, 0.1) is 11.6 Å². The Morgan fingerprint density at radius 2 is 2.14 bits per heavy atom. The molecule has 1 aliphatic carbocycles. The Balaban J connectivity index is 1.50. The molecule has 2 fully saturated rings. The van der Waals surface area contributed by atoms with Crippen LogP contribution in [0, 0.1) is 12.8 Å². The van der Waals surface area contributed by atoms with Gasteiger partial charge in [0.2, 0.25) is 5.91 Å². The first-order chi connectivity index (χ1) is 10.1. The topological polar surface area (TPSA) is 50.2 Å². The molecule has 1 N–H and O–H groups in total. The normalized spacial score (nSPS) is 23.8. The summed E-state index contributed by atoms with van der Waals surface area (Å²) in [7, 11) is 1.96. The first-order valence-corrected chi connectivity index (χ1v) is 8.13. The van der Waals surface area contributed by atoms with E-state index in [2.05, 4.69) is 28.4 Å². The van der Waals surface area contributed by atoms with Crippen molar-refractivity contribution in [1.29, 1.82) is 0 Å². The maximum Gasteiger partial charge on any atom is 0.224 e. The molecule has 0 aromatic carbocycles. The minimum absolute atomic E-state index is 0.169. The summed E-state index contributed by atoms with van der Waals surface area (Å²) < 4.78 is 1.87. The van der Waals surface area contributed by atoms with Crippen molar-refractivity contribution in [3.63, 3.8) is 0 Å². The van der Waals surface area contributed by atoms with Gasteiger partial charge in [0.1, 0.15) is 0 Å². The van der Waals surface area contributed by atoms with E-state index in [1.54, 1.807) is 0 Å². The molecule has 1 atom stereocenters. The number of carbonyl (C=O) groups excluding carboxylic acids is 1. The molecule has 1 aliphatic heterocycles. The SMILES string of the molecule is Cc1nn(C)cc1CN1CCC(C(=O)NC2CCCC2)C1. The maximum atomic E-state index is 12.3. The van der Waals surface area contributed by atoms with Gasteiger partial charge in [-0.15, -0.1) is 0 Å². The van der Waals surface area contributed by atoms with Gasteiger partial charge in [0.15, 0.2) is 0 Å². The van der Waals surface area contributed by atoms with E-state index in [1.807, 2.05) is 11.7 Å². The lowest BCUT2D eigenvalue weighted by atomic mass is 10.1. The molecule has 2 heterocycles. The van der Waals surface area contributed by atoms with Crippen molar-refractivity contribution in [3.05, 3.63) is 17.5 Å². The van der Waals surface area contributed by atoms with Crippen LogP contribution in [0.3, 0.4) is 0 Å². The molecule has 0 bridgehead atoms. The van der Waals surface area contributed by atoms with Crippen LogP contribution in [0.2, 0.25) is 0 Å². The summed E-state index contributed by atoms with van der Waals surface area (Å²) >= 11 is 0. The molecule has 1 aromatic heterocycles. The quantitative estimate of drug-likeness (QED) is 0.916. The lowest BCUT2D eigenvalue weighted by Gasteiger charge is -2.17. The predicted molar refractivity (Wildman–Crippen MR) is 81.7 cm³/mol. The number of likely N-dealkylation sites (tertiary alicyclic amines) is 1. The molecule has 0 spiro atoms. The van der Waals surface area contributed by atoms with Gasteiger partial charge < -0.3 is 5.32 Å². The van der Waals surface area contributed by atoms with Crippen molar-refractivity contribution >= 4 is 5.91 Å². The number of amides is 1. The third-order valence-electron chi connectivity index (χ3n) is 4.85. The van der Waals surface area contributed by atoms with Crippen LogP contribution in [-0.4, -0.2) is 39.7 Å². The molecular weight excluding hydrogens is 264 g/mol. The molecule has 116 valence electrons. The molecule has 3 rings (SSSR count). The summed E-state index contributed by atoms with van der Waals surface area (Å²) in [5, 5.41) is 7.63. The average Bonchev–Trinajstić information content (AvgIpc) is 3.13. The van der Waals surface area contributed by atoms with Crippen LogP contribution in [0.5, 0.6) is 0 Å². The van der Waals surface area contributed by atoms with E-state index in [9.17, 15) is 4.79 Å². The van der Waals surface area contributed by atoms with Gasteiger partial charge in [-0.2, -0.15) is 5.10 Å². The fourth-order valence-corrected chi connectivity index (χ4v) is 3.62. The first kappa shape index (κ1) is 14.6. The number of hydrogen-bond acceptors (Lipinski definition) is 3. The molecule has 5 heteroatoms. The van der Waals surface area contributed by atoms with E-state index in [0.717, 1.165) is 44.6 Å². The Kier molecular flexibility index (Phi) is 4.29. The summed E-state index contributed by atoms with van der Waals surface area (Å²) in [6.45, 7) is 4.85. The van der Waals surface area contributed by atoms with Crippen molar-refractivity contribution < 1.29 is 4.79 Å². The van der Waals surface area contributed by atoms with Gasteiger partial charge in [-0.25, -0.2) is 0 Å². The lowest BCUT2D eigenvalue weighted by molar-refractivity contribution is -0.125. The third-order valence-corrected chi connectivity index (χ3v) is 4.85. The van der Waals surface area contributed by atoms with E-state index in [0.29, 0.717) is 6.04 Å². The highest BCUT2D eigenvalue weighted by Crippen LogP contribution is 2.22. The molecule has 1 saturated heterocycles. The molecular formula is C16H26N4O. The van der Waals surface area contributed by atoms with E-state index in [-0.39, 0.29) is 11.8 Å². The monoisotopic (exact) mass is 290 g/mol. The maximum absolute atomic E-state index is 12.3. The lowest BCUT2D eigenvalue weighted by Crippen LogP contribution is -2.38.